The van der Waals surface area contributed by atoms with Crippen LogP contribution >= 0.6 is 0 Å². The lowest BCUT2D eigenvalue weighted by Crippen LogP contribution is -2.18. The van der Waals surface area contributed by atoms with Crippen molar-refractivity contribution in [2.24, 2.45) is 0 Å². The van der Waals surface area contributed by atoms with E-state index in [0.29, 0.717) is 54.0 Å². The van der Waals surface area contributed by atoms with Gasteiger partial charge < -0.3 is 28.4 Å². The molecule has 0 spiro atoms. The molecule has 8 heteroatoms. The summed E-state index contributed by atoms with van der Waals surface area (Å²) in [5, 5.41) is 0. The van der Waals surface area contributed by atoms with E-state index in [1.165, 1.54) is 0 Å². The zero-order chi connectivity index (χ0) is 23.9. The third-order valence-corrected chi connectivity index (χ3v) is 6.57. The van der Waals surface area contributed by atoms with Crippen molar-refractivity contribution in [3.05, 3.63) is 82.2 Å². The van der Waals surface area contributed by atoms with Crippen LogP contribution in [0.5, 0.6) is 28.7 Å². The van der Waals surface area contributed by atoms with Gasteiger partial charge in [-0.25, -0.2) is 4.79 Å². The van der Waals surface area contributed by atoms with Crippen LogP contribution in [-0.2, 0) is 22.6 Å². The van der Waals surface area contributed by atoms with E-state index in [1.807, 2.05) is 36.4 Å². The zero-order valence-electron chi connectivity index (χ0n) is 19.3. The second-order valence-corrected chi connectivity index (χ2v) is 8.51. The number of pyridine rings is 1. The molecule has 1 atom stereocenters. The largest absolute Gasteiger partial charge is 0.493 e. The van der Waals surface area contributed by atoms with Crippen molar-refractivity contribution in [1.29, 1.82) is 0 Å². The van der Waals surface area contributed by atoms with Gasteiger partial charge in [-0.05, 0) is 70.6 Å². The number of ether oxygens (including phenoxy) is 6. The molecule has 3 aliphatic rings. The van der Waals surface area contributed by atoms with Crippen LogP contribution in [0, 0.1) is 0 Å². The van der Waals surface area contributed by atoms with Gasteiger partial charge in [0.15, 0.2) is 23.0 Å². The number of carbonyl (C=O) groups is 1. The Balaban J connectivity index is 1.45. The number of hydrogen-bond donors (Lipinski definition) is 0. The van der Waals surface area contributed by atoms with Gasteiger partial charge >= 0.3 is 5.97 Å². The summed E-state index contributed by atoms with van der Waals surface area (Å²) in [5.41, 5.74) is 5.48. The topological polar surface area (TPSA) is 85.3 Å². The maximum atomic E-state index is 12.8. The molecule has 2 aliphatic heterocycles. The quantitative estimate of drug-likeness (QED) is 0.498. The lowest BCUT2D eigenvalue weighted by atomic mass is 9.75. The first-order chi connectivity index (χ1) is 17.2. The van der Waals surface area contributed by atoms with Crippen LogP contribution in [0.25, 0.3) is 0 Å². The van der Waals surface area contributed by atoms with Crippen LogP contribution in [0.15, 0.2) is 59.9 Å². The third-order valence-electron chi connectivity index (χ3n) is 6.57. The van der Waals surface area contributed by atoms with Crippen molar-refractivity contribution in [2.75, 3.05) is 27.6 Å². The summed E-state index contributed by atoms with van der Waals surface area (Å²) in [6, 6.07) is 11.5. The molecule has 8 nitrogen and oxygen atoms in total. The summed E-state index contributed by atoms with van der Waals surface area (Å²) >= 11 is 0. The van der Waals surface area contributed by atoms with Crippen LogP contribution in [0.2, 0.25) is 0 Å². The van der Waals surface area contributed by atoms with Gasteiger partial charge in [0.05, 0.1) is 19.8 Å². The van der Waals surface area contributed by atoms with E-state index in [-0.39, 0.29) is 18.7 Å². The van der Waals surface area contributed by atoms with Gasteiger partial charge in [0.1, 0.15) is 13.2 Å². The fourth-order valence-corrected chi connectivity index (χ4v) is 4.92. The average Bonchev–Trinajstić information content (AvgIpc) is 3.50. The molecular weight excluding hydrogens is 450 g/mol. The second kappa shape index (κ2) is 8.54. The van der Waals surface area contributed by atoms with Crippen molar-refractivity contribution >= 4 is 5.97 Å². The van der Waals surface area contributed by atoms with E-state index in [9.17, 15) is 4.79 Å². The first-order valence-electron chi connectivity index (χ1n) is 11.3. The SMILES string of the molecule is COc1cc(C2C3=C(COC3=O)Cc3cc4c(cc32)OCO4)cc(OC)c1OCc1ccncc1. The summed E-state index contributed by atoms with van der Waals surface area (Å²) in [6.07, 6.45) is 4.06. The zero-order valence-corrected chi connectivity index (χ0v) is 19.3. The Kier molecular flexibility index (Phi) is 5.21. The lowest BCUT2D eigenvalue weighted by molar-refractivity contribution is -0.136. The summed E-state index contributed by atoms with van der Waals surface area (Å²) in [7, 11) is 3.17. The number of nitrogens with zero attached hydrogens (tertiary/aromatic N) is 1. The molecule has 2 aromatic carbocycles. The van der Waals surface area contributed by atoms with Gasteiger partial charge in [-0.2, -0.15) is 0 Å². The van der Waals surface area contributed by atoms with Gasteiger partial charge in [0.2, 0.25) is 12.5 Å². The monoisotopic (exact) mass is 473 g/mol. The smallest absolute Gasteiger partial charge is 0.335 e. The Morgan fingerprint density at radius 3 is 2.40 bits per heavy atom. The third kappa shape index (κ3) is 3.62. The van der Waals surface area contributed by atoms with Crippen LogP contribution in [-0.4, -0.2) is 38.6 Å². The Morgan fingerprint density at radius 1 is 0.971 bits per heavy atom. The molecule has 0 saturated heterocycles. The molecule has 1 aliphatic carbocycles. The molecule has 0 radical (unpaired) electrons. The Hall–Kier alpha value is -4.20. The lowest BCUT2D eigenvalue weighted by Gasteiger charge is -2.27. The highest BCUT2D eigenvalue weighted by Crippen LogP contribution is 2.50. The molecule has 1 unspecified atom stereocenters. The maximum Gasteiger partial charge on any atom is 0.335 e. The minimum Gasteiger partial charge on any atom is -0.493 e. The minimum atomic E-state index is -0.365. The van der Waals surface area contributed by atoms with Crippen molar-refractivity contribution < 1.29 is 33.2 Å². The number of esters is 1. The molecule has 178 valence electrons. The van der Waals surface area contributed by atoms with Crippen LogP contribution in [0.3, 0.4) is 0 Å². The summed E-state index contributed by atoms with van der Waals surface area (Å²) in [6.45, 7) is 0.801. The highest BCUT2D eigenvalue weighted by atomic mass is 16.7. The Labute approximate surface area is 202 Å². The summed E-state index contributed by atoms with van der Waals surface area (Å²) in [4.78, 5) is 16.9. The Bertz CT molecular complexity index is 1320. The molecule has 0 fully saturated rings. The highest BCUT2D eigenvalue weighted by molar-refractivity contribution is 5.95. The maximum absolute atomic E-state index is 12.8. The van der Waals surface area contributed by atoms with Crippen molar-refractivity contribution in [3.63, 3.8) is 0 Å². The van der Waals surface area contributed by atoms with Gasteiger partial charge in [-0.1, -0.05) is 0 Å². The van der Waals surface area contributed by atoms with E-state index < -0.39 is 0 Å². The van der Waals surface area contributed by atoms with Gasteiger partial charge in [0, 0.05) is 18.3 Å². The number of carbonyl (C=O) groups excluding carboxylic acids is 1. The standard InChI is InChI=1S/C27H23NO7/c1-30-22-9-17(10-23(31-2)26(22)32-12-15-3-5-28-6-4-15)24-19-11-21-20(34-14-35-21)8-16(19)7-18-13-33-27(29)25(18)24/h3-6,8-11,24H,7,12-14H2,1-2H3. The predicted molar refractivity (Wildman–Crippen MR) is 124 cm³/mol. The number of aromatic nitrogens is 1. The molecule has 6 rings (SSSR count). The molecule has 1 aromatic heterocycles. The van der Waals surface area contributed by atoms with Crippen LogP contribution in [0.1, 0.15) is 28.2 Å². The summed E-state index contributed by atoms with van der Waals surface area (Å²) in [5.74, 6) is 2.22. The molecule has 3 aromatic rings. The molecule has 0 N–H and O–H groups in total. The molecule has 3 heterocycles. The van der Waals surface area contributed by atoms with E-state index >= 15 is 0 Å². The first-order valence-corrected chi connectivity index (χ1v) is 11.3. The van der Waals surface area contributed by atoms with Gasteiger partial charge in [-0.15, -0.1) is 0 Å². The van der Waals surface area contributed by atoms with E-state index in [4.69, 9.17) is 28.4 Å². The number of benzene rings is 2. The predicted octanol–water partition coefficient (Wildman–Crippen LogP) is 3.95. The van der Waals surface area contributed by atoms with Crippen LogP contribution < -0.4 is 23.7 Å². The number of rotatable bonds is 6. The van der Waals surface area contributed by atoms with E-state index in [1.54, 1.807) is 26.6 Å². The fourth-order valence-electron chi connectivity index (χ4n) is 4.92. The van der Waals surface area contributed by atoms with Crippen LogP contribution in [0.4, 0.5) is 0 Å². The number of cyclic esters (lactones) is 1. The van der Waals surface area contributed by atoms with E-state index in [2.05, 4.69) is 4.98 Å². The summed E-state index contributed by atoms with van der Waals surface area (Å²) < 4.78 is 34.2. The van der Waals surface area contributed by atoms with Crippen molar-refractivity contribution in [1.82, 2.24) is 4.98 Å². The molecule has 0 amide bonds. The Morgan fingerprint density at radius 2 is 1.69 bits per heavy atom. The average molecular weight is 473 g/mol. The normalized spacial score (nSPS) is 17.5. The fraction of sp³-hybridized carbons (Fsp3) is 0.259. The molecular formula is C27H23NO7. The van der Waals surface area contributed by atoms with Gasteiger partial charge in [-0.3, -0.25) is 4.98 Å². The molecule has 0 saturated carbocycles. The minimum absolute atomic E-state index is 0.184. The number of fused-ring (bicyclic) bond motifs is 2. The highest BCUT2D eigenvalue weighted by Gasteiger charge is 2.40. The second-order valence-electron chi connectivity index (χ2n) is 8.51. The number of hydrogen-bond acceptors (Lipinski definition) is 8. The molecule has 0 bridgehead atoms. The van der Waals surface area contributed by atoms with Gasteiger partial charge in [0.25, 0.3) is 0 Å². The molecule has 35 heavy (non-hydrogen) atoms. The van der Waals surface area contributed by atoms with Crippen molar-refractivity contribution in [3.8, 4) is 28.7 Å². The van der Waals surface area contributed by atoms with E-state index in [0.717, 1.165) is 27.8 Å². The number of methoxy groups -OCH3 is 2. The van der Waals surface area contributed by atoms with Crippen molar-refractivity contribution in [2.45, 2.75) is 18.9 Å². The first kappa shape index (κ1) is 21.3.